The van der Waals surface area contributed by atoms with E-state index in [1.165, 1.54) is 54.5 Å². The van der Waals surface area contributed by atoms with Crippen molar-refractivity contribution in [1.82, 2.24) is 4.90 Å². The number of likely N-dealkylation sites (tertiary alicyclic amines) is 1. The van der Waals surface area contributed by atoms with Crippen LogP contribution < -0.4 is 5.73 Å². The molecule has 0 radical (unpaired) electrons. The number of hydrogen-bond acceptors (Lipinski definition) is 2. The molecular formula is C18H30N2. The fraction of sp³-hybridized carbons (Fsp3) is 0.667. The maximum absolute atomic E-state index is 6.19. The number of piperidine rings is 1. The first-order valence-corrected chi connectivity index (χ1v) is 8.12. The van der Waals surface area contributed by atoms with Crippen LogP contribution in [0, 0.1) is 20.8 Å². The summed E-state index contributed by atoms with van der Waals surface area (Å²) in [5.74, 6) is 0. The molecule has 1 aromatic rings. The molecule has 2 unspecified atom stereocenters. The highest BCUT2D eigenvalue weighted by Gasteiger charge is 2.29. The minimum absolute atomic E-state index is 0.390. The van der Waals surface area contributed by atoms with Gasteiger partial charge in [0.2, 0.25) is 0 Å². The molecule has 20 heavy (non-hydrogen) atoms. The molecule has 0 amide bonds. The van der Waals surface area contributed by atoms with Crippen molar-refractivity contribution < 1.29 is 0 Å². The molecule has 0 saturated carbocycles. The molecular weight excluding hydrogens is 244 g/mol. The third-order valence-electron chi connectivity index (χ3n) is 4.84. The monoisotopic (exact) mass is 274 g/mol. The Kier molecular flexibility index (Phi) is 5.22. The van der Waals surface area contributed by atoms with Gasteiger partial charge < -0.3 is 5.73 Å². The Morgan fingerprint density at radius 1 is 1.20 bits per heavy atom. The molecule has 2 N–H and O–H groups in total. The van der Waals surface area contributed by atoms with Crippen LogP contribution in [0.25, 0.3) is 0 Å². The summed E-state index contributed by atoms with van der Waals surface area (Å²) in [6.45, 7) is 10.9. The average Bonchev–Trinajstić information content (AvgIpc) is 2.42. The zero-order valence-electron chi connectivity index (χ0n) is 13.6. The van der Waals surface area contributed by atoms with Crippen LogP contribution >= 0.6 is 0 Å². The van der Waals surface area contributed by atoms with Crippen LogP contribution in [0.15, 0.2) is 12.1 Å². The van der Waals surface area contributed by atoms with Crippen molar-refractivity contribution in [3.8, 4) is 0 Å². The summed E-state index contributed by atoms with van der Waals surface area (Å²) in [5.41, 5.74) is 11.8. The summed E-state index contributed by atoms with van der Waals surface area (Å²) in [4.78, 5) is 2.67. The van der Waals surface area contributed by atoms with Gasteiger partial charge in [0.15, 0.2) is 0 Å². The Bertz CT molecular complexity index is 430. The molecule has 0 aliphatic carbocycles. The van der Waals surface area contributed by atoms with E-state index in [4.69, 9.17) is 5.73 Å². The Balaban J connectivity index is 2.36. The summed E-state index contributed by atoms with van der Waals surface area (Å²) in [5, 5.41) is 0. The van der Waals surface area contributed by atoms with Crippen LogP contribution in [0.1, 0.15) is 60.9 Å². The van der Waals surface area contributed by atoms with Gasteiger partial charge in [-0.05, 0) is 63.3 Å². The van der Waals surface area contributed by atoms with Crippen LogP contribution in [0.3, 0.4) is 0 Å². The smallest absolute Gasteiger partial charge is 0.0478 e. The second-order valence-electron chi connectivity index (χ2n) is 6.36. The molecule has 2 heteroatoms. The van der Waals surface area contributed by atoms with E-state index in [0.29, 0.717) is 12.1 Å². The van der Waals surface area contributed by atoms with Gasteiger partial charge in [-0.3, -0.25) is 4.90 Å². The van der Waals surface area contributed by atoms with Crippen LogP contribution in [0.2, 0.25) is 0 Å². The van der Waals surface area contributed by atoms with Crippen LogP contribution in [0.5, 0.6) is 0 Å². The maximum atomic E-state index is 6.19. The molecule has 1 aliphatic rings. The first-order chi connectivity index (χ1) is 9.58. The second-order valence-corrected chi connectivity index (χ2v) is 6.36. The van der Waals surface area contributed by atoms with Gasteiger partial charge in [0.1, 0.15) is 0 Å². The molecule has 2 nitrogen and oxygen atoms in total. The number of rotatable bonds is 4. The highest BCUT2D eigenvalue weighted by atomic mass is 15.2. The summed E-state index contributed by atoms with van der Waals surface area (Å²) >= 11 is 0. The number of aryl methyl sites for hydroxylation is 3. The molecule has 112 valence electrons. The first-order valence-electron chi connectivity index (χ1n) is 8.12. The van der Waals surface area contributed by atoms with Gasteiger partial charge in [-0.25, -0.2) is 0 Å². The third kappa shape index (κ3) is 3.07. The Morgan fingerprint density at radius 2 is 1.85 bits per heavy atom. The summed E-state index contributed by atoms with van der Waals surface area (Å²) in [7, 11) is 0. The fourth-order valence-electron chi connectivity index (χ4n) is 4.01. The number of hydrogen-bond donors (Lipinski definition) is 1. The minimum Gasteiger partial charge on any atom is -0.329 e. The lowest BCUT2D eigenvalue weighted by molar-refractivity contribution is 0.0943. The Morgan fingerprint density at radius 3 is 2.40 bits per heavy atom. The summed E-state index contributed by atoms with van der Waals surface area (Å²) in [6, 6.07) is 5.70. The number of nitrogens with zero attached hydrogens (tertiary/aromatic N) is 1. The zero-order valence-corrected chi connectivity index (χ0v) is 13.6. The van der Waals surface area contributed by atoms with E-state index < -0.39 is 0 Å². The van der Waals surface area contributed by atoms with Crippen LogP contribution in [0.4, 0.5) is 0 Å². The lowest BCUT2D eigenvalue weighted by atomic mass is 9.89. The van der Waals surface area contributed by atoms with Gasteiger partial charge in [-0.2, -0.15) is 0 Å². The maximum Gasteiger partial charge on any atom is 0.0478 e. The topological polar surface area (TPSA) is 29.3 Å². The molecule has 2 rings (SSSR count). The highest BCUT2D eigenvalue weighted by Crippen LogP contribution is 2.33. The van der Waals surface area contributed by atoms with Crippen molar-refractivity contribution in [3.63, 3.8) is 0 Å². The second kappa shape index (κ2) is 6.73. The average molecular weight is 274 g/mol. The van der Waals surface area contributed by atoms with Crippen LogP contribution in [-0.4, -0.2) is 24.0 Å². The highest BCUT2D eigenvalue weighted by molar-refractivity contribution is 5.40. The van der Waals surface area contributed by atoms with Gasteiger partial charge >= 0.3 is 0 Å². The molecule has 0 aromatic heterocycles. The van der Waals surface area contributed by atoms with Gasteiger partial charge in [-0.1, -0.05) is 31.0 Å². The predicted octanol–water partition coefficient (Wildman–Crippen LogP) is 3.88. The van der Waals surface area contributed by atoms with E-state index in [1.807, 2.05) is 0 Å². The van der Waals surface area contributed by atoms with Crippen LogP contribution in [-0.2, 0) is 0 Å². The largest absolute Gasteiger partial charge is 0.329 e. The van der Waals surface area contributed by atoms with Crippen molar-refractivity contribution in [2.24, 2.45) is 5.73 Å². The van der Waals surface area contributed by atoms with Crippen molar-refractivity contribution in [2.75, 3.05) is 13.1 Å². The van der Waals surface area contributed by atoms with E-state index in [9.17, 15) is 0 Å². The van der Waals surface area contributed by atoms with Crippen molar-refractivity contribution >= 4 is 0 Å². The minimum atomic E-state index is 0.390. The van der Waals surface area contributed by atoms with E-state index >= 15 is 0 Å². The quantitative estimate of drug-likeness (QED) is 0.903. The number of benzene rings is 1. The van der Waals surface area contributed by atoms with Crippen molar-refractivity contribution in [1.29, 1.82) is 0 Å². The normalized spacial score (nSPS) is 21.9. The van der Waals surface area contributed by atoms with E-state index in [0.717, 1.165) is 6.54 Å². The Hall–Kier alpha value is -0.860. The first kappa shape index (κ1) is 15.5. The summed E-state index contributed by atoms with van der Waals surface area (Å²) in [6.07, 6.45) is 5.26. The summed E-state index contributed by atoms with van der Waals surface area (Å²) < 4.78 is 0. The molecule has 1 heterocycles. The lowest BCUT2D eigenvalue weighted by Crippen LogP contribution is -2.44. The molecule has 1 aromatic carbocycles. The lowest BCUT2D eigenvalue weighted by Gasteiger charge is -2.42. The molecule has 0 spiro atoms. The van der Waals surface area contributed by atoms with E-state index in [-0.39, 0.29) is 0 Å². The third-order valence-corrected chi connectivity index (χ3v) is 4.84. The fourth-order valence-corrected chi connectivity index (χ4v) is 4.01. The molecule has 1 saturated heterocycles. The van der Waals surface area contributed by atoms with Crippen molar-refractivity contribution in [3.05, 3.63) is 34.4 Å². The van der Waals surface area contributed by atoms with Crippen molar-refractivity contribution in [2.45, 2.75) is 65.5 Å². The van der Waals surface area contributed by atoms with Gasteiger partial charge in [0.25, 0.3) is 0 Å². The standard InChI is InChI=1S/C18H30N2/c1-5-16-8-6-7-9-20(16)17(12-19)18-14(3)10-13(2)11-15(18)4/h10-11,16-17H,5-9,12,19H2,1-4H3. The Labute approximate surface area is 124 Å². The molecule has 1 fully saturated rings. The SMILES string of the molecule is CCC1CCCCN1C(CN)c1c(C)cc(C)cc1C. The molecule has 0 bridgehead atoms. The zero-order chi connectivity index (χ0) is 14.7. The van der Waals surface area contributed by atoms with Gasteiger partial charge in [0.05, 0.1) is 0 Å². The predicted molar refractivity (Wildman–Crippen MR) is 87.1 cm³/mol. The van der Waals surface area contributed by atoms with Gasteiger partial charge in [0, 0.05) is 18.6 Å². The number of nitrogens with two attached hydrogens (primary N) is 1. The van der Waals surface area contributed by atoms with E-state index in [2.05, 4.69) is 44.7 Å². The van der Waals surface area contributed by atoms with E-state index in [1.54, 1.807) is 0 Å². The molecule has 1 aliphatic heterocycles. The molecule has 2 atom stereocenters. The van der Waals surface area contributed by atoms with Gasteiger partial charge in [-0.15, -0.1) is 0 Å².